The third kappa shape index (κ3) is 5.78. The quantitative estimate of drug-likeness (QED) is 0.222. The normalized spacial score (nSPS) is 11.5. The number of aliphatic hydroxyl groups excluding tert-OH is 1. The predicted octanol–water partition coefficient (Wildman–Crippen LogP) is 4.59. The molecule has 1 N–H and O–H groups in total. The second-order valence-electron chi connectivity index (χ2n) is 8.34. The largest absolute Gasteiger partial charge is 0.491 e. The van der Waals surface area contributed by atoms with Crippen molar-refractivity contribution in [3.8, 4) is 40.4 Å². The lowest BCUT2D eigenvalue weighted by Crippen LogP contribution is -2.20. The molecule has 5 aromatic rings. The van der Waals surface area contributed by atoms with E-state index in [0.717, 1.165) is 5.39 Å². The molecule has 0 bridgehead atoms. The molecule has 1 unspecified atom stereocenters. The molecule has 2 aromatic heterocycles. The maximum absolute atomic E-state index is 11.5. The van der Waals surface area contributed by atoms with Crippen molar-refractivity contribution < 1.29 is 14.3 Å². The van der Waals surface area contributed by atoms with E-state index in [1.54, 1.807) is 72.8 Å². The van der Waals surface area contributed by atoms with Gasteiger partial charge in [0.05, 0.1) is 29.4 Å². The van der Waals surface area contributed by atoms with Crippen molar-refractivity contribution in [1.29, 1.82) is 10.5 Å². The molecule has 190 valence electrons. The van der Waals surface area contributed by atoms with Gasteiger partial charge in [-0.1, -0.05) is 48.2 Å². The highest BCUT2D eigenvalue weighted by Crippen LogP contribution is 2.33. The van der Waals surface area contributed by atoms with Crippen LogP contribution in [0.5, 0.6) is 5.75 Å². The summed E-state index contributed by atoms with van der Waals surface area (Å²) in [6.45, 7) is -0.0131. The summed E-state index contributed by atoms with van der Waals surface area (Å²) < 4.78 is 10.9. The van der Waals surface area contributed by atoms with Gasteiger partial charge in [0.2, 0.25) is 5.16 Å². The molecular weight excluding hydrogens is 514 g/mol. The van der Waals surface area contributed by atoms with Crippen molar-refractivity contribution in [2.75, 3.05) is 12.4 Å². The van der Waals surface area contributed by atoms with Crippen LogP contribution in [0.1, 0.15) is 11.1 Å². The lowest BCUT2D eigenvalue weighted by Gasteiger charge is -2.13. The Hall–Kier alpha value is -5.03. The minimum atomic E-state index is -0.870. The van der Waals surface area contributed by atoms with Crippen LogP contribution < -0.4 is 10.4 Å². The maximum Gasteiger partial charge on any atom is 0.336 e. The molecule has 1 atom stereocenters. The highest BCUT2D eigenvalue weighted by atomic mass is 32.2. The first-order valence-corrected chi connectivity index (χ1v) is 12.8. The van der Waals surface area contributed by atoms with Crippen LogP contribution >= 0.6 is 11.8 Å². The van der Waals surface area contributed by atoms with Gasteiger partial charge in [-0.15, -0.1) is 10.2 Å². The topological polar surface area (TPSA) is 146 Å². The summed E-state index contributed by atoms with van der Waals surface area (Å²) in [5.41, 5.74) is 2.66. The SMILES string of the molecule is N#Cc1ccccc1-c1nnc(SCC(O)COc2ccc3ccc(=O)oc3c2)nc1-c1ccccc1C#N. The zero-order valence-electron chi connectivity index (χ0n) is 20.3. The van der Waals surface area contributed by atoms with E-state index in [1.807, 2.05) is 0 Å². The van der Waals surface area contributed by atoms with Crippen molar-refractivity contribution in [2.45, 2.75) is 11.3 Å². The number of hydrogen-bond acceptors (Lipinski definition) is 10. The van der Waals surface area contributed by atoms with Crippen LogP contribution in [0.15, 0.2) is 93.2 Å². The second-order valence-corrected chi connectivity index (χ2v) is 9.32. The summed E-state index contributed by atoms with van der Waals surface area (Å²) in [7, 11) is 0. The zero-order valence-corrected chi connectivity index (χ0v) is 21.1. The first-order valence-electron chi connectivity index (χ1n) is 11.8. The average molecular weight is 534 g/mol. The highest BCUT2D eigenvalue weighted by molar-refractivity contribution is 7.99. The van der Waals surface area contributed by atoms with Gasteiger partial charge < -0.3 is 14.3 Å². The third-order valence-corrected chi connectivity index (χ3v) is 6.70. The van der Waals surface area contributed by atoms with Gasteiger partial charge in [0.25, 0.3) is 0 Å². The summed E-state index contributed by atoms with van der Waals surface area (Å²) in [6.07, 6.45) is -0.870. The summed E-state index contributed by atoms with van der Waals surface area (Å²) in [6, 6.07) is 26.4. The average Bonchev–Trinajstić information content (AvgIpc) is 2.98. The van der Waals surface area contributed by atoms with Crippen LogP contribution in [0.3, 0.4) is 0 Å². The molecule has 0 saturated heterocycles. The molecule has 0 aliphatic carbocycles. The van der Waals surface area contributed by atoms with Crippen molar-refractivity contribution in [3.63, 3.8) is 0 Å². The van der Waals surface area contributed by atoms with E-state index in [-0.39, 0.29) is 12.4 Å². The van der Waals surface area contributed by atoms with E-state index in [9.17, 15) is 20.4 Å². The van der Waals surface area contributed by atoms with E-state index in [0.29, 0.717) is 50.1 Å². The lowest BCUT2D eigenvalue weighted by molar-refractivity contribution is 0.126. The van der Waals surface area contributed by atoms with Crippen LogP contribution in [0, 0.1) is 22.7 Å². The molecule has 0 saturated carbocycles. The number of aromatic nitrogens is 3. The Kier molecular flexibility index (Phi) is 7.60. The van der Waals surface area contributed by atoms with Crippen LogP contribution in [-0.4, -0.2) is 38.8 Å². The number of nitriles is 2. The monoisotopic (exact) mass is 533 g/mol. The van der Waals surface area contributed by atoms with Crippen LogP contribution in [0.2, 0.25) is 0 Å². The maximum atomic E-state index is 11.5. The molecule has 9 nitrogen and oxygen atoms in total. The number of thioether (sulfide) groups is 1. The molecule has 39 heavy (non-hydrogen) atoms. The Morgan fingerprint density at radius 2 is 1.56 bits per heavy atom. The Balaban J connectivity index is 1.36. The molecule has 5 rings (SSSR count). The molecule has 0 aliphatic rings. The van der Waals surface area contributed by atoms with Gasteiger partial charge in [0.15, 0.2) is 0 Å². The van der Waals surface area contributed by atoms with Gasteiger partial charge in [0, 0.05) is 34.4 Å². The van der Waals surface area contributed by atoms with Crippen LogP contribution in [-0.2, 0) is 0 Å². The number of benzene rings is 3. The molecule has 2 heterocycles. The minimum absolute atomic E-state index is 0.0131. The van der Waals surface area contributed by atoms with Gasteiger partial charge in [-0.05, 0) is 30.3 Å². The van der Waals surface area contributed by atoms with Gasteiger partial charge in [-0.2, -0.15) is 10.5 Å². The van der Waals surface area contributed by atoms with E-state index in [2.05, 4.69) is 27.3 Å². The fraction of sp³-hybridized carbons (Fsp3) is 0.103. The summed E-state index contributed by atoms with van der Waals surface area (Å²) in [4.78, 5) is 16.1. The summed E-state index contributed by atoms with van der Waals surface area (Å²) in [5.74, 6) is 0.660. The van der Waals surface area contributed by atoms with Gasteiger partial charge in [0.1, 0.15) is 29.3 Å². The molecule has 3 aromatic carbocycles. The summed E-state index contributed by atoms with van der Waals surface area (Å²) in [5, 5.41) is 39.5. The first kappa shape index (κ1) is 25.6. The van der Waals surface area contributed by atoms with Crippen molar-refractivity contribution in [2.24, 2.45) is 0 Å². The fourth-order valence-corrected chi connectivity index (χ4v) is 4.55. The van der Waals surface area contributed by atoms with Crippen LogP contribution in [0.4, 0.5) is 0 Å². The Labute approximate surface area is 227 Å². The smallest absolute Gasteiger partial charge is 0.336 e. The molecule has 0 spiro atoms. The van der Waals surface area contributed by atoms with Gasteiger partial charge >= 0.3 is 5.63 Å². The first-order chi connectivity index (χ1) is 19.1. The molecule has 0 fully saturated rings. The van der Waals surface area contributed by atoms with Crippen molar-refractivity contribution in [3.05, 3.63) is 100 Å². The second kappa shape index (κ2) is 11.6. The molecule has 0 aliphatic heterocycles. The number of hydrogen-bond donors (Lipinski definition) is 1. The van der Waals surface area contributed by atoms with Gasteiger partial charge in [-0.3, -0.25) is 0 Å². The Morgan fingerprint density at radius 1 is 0.897 bits per heavy atom. The number of fused-ring (bicyclic) bond motifs is 1. The molecule has 0 radical (unpaired) electrons. The van der Waals surface area contributed by atoms with Crippen molar-refractivity contribution in [1.82, 2.24) is 15.2 Å². The van der Waals surface area contributed by atoms with E-state index >= 15 is 0 Å². The Morgan fingerprint density at radius 3 is 2.28 bits per heavy atom. The Bertz CT molecular complexity index is 1810. The van der Waals surface area contributed by atoms with Crippen molar-refractivity contribution >= 4 is 22.7 Å². The van der Waals surface area contributed by atoms with E-state index < -0.39 is 11.7 Å². The standard InChI is InChI=1S/C29H19N5O4S/c30-14-19-5-1-3-7-23(19)27-28(24-8-4-2-6-20(24)15-31)33-34-29(32-27)39-17-21(35)16-37-22-11-9-18-10-12-26(36)38-25(18)13-22/h1-13,21,35H,16-17H2. The van der Waals surface area contributed by atoms with Crippen LogP contribution in [0.25, 0.3) is 33.5 Å². The zero-order chi connectivity index (χ0) is 27.2. The molecule has 0 amide bonds. The minimum Gasteiger partial charge on any atom is -0.491 e. The fourth-order valence-electron chi connectivity index (χ4n) is 3.86. The number of ether oxygens (including phenoxy) is 1. The number of nitrogens with zero attached hydrogens (tertiary/aromatic N) is 5. The molecular formula is C29H19N5O4S. The molecule has 10 heteroatoms. The third-order valence-electron chi connectivity index (χ3n) is 5.71. The predicted molar refractivity (Wildman–Crippen MR) is 145 cm³/mol. The van der Waals surface area contributed by atoms with E-state index in [1.165, 1.54) is 17.8 Å². The highest BCUT2D eigenvalue weighted by Gasteiger charge is 2.19. The van der Waals surface area contributed by atoms with Gasteiger partial charge in [-0.25, -0.2) is 9.78 Å². The lowest BCUT2D eigenvalue weighted by atomic mass is 9.98. The number of rotatable bonds is 8. The summed E-state index contributed by atoms with van der Waals surface area (Å²) >= 11 is 1.18. The number of aliphatic hydroxyl groups is 1. The van der Waals surface area contributed by atoms with E-state index in [4.69, 9.17) is 9.15 Å².